The van der Waals surface area contributed by atoms with Gasteiger partial charge in [0.1, 0.15) is 5.01 Å². The molecule has 1 N–H and O–H groups in total. The lowest BCUT2D eigenvalue weighted by atomic mass is 10.1. The van der Waals surface area contributed by atoms with E-state index in [1.165, 1.54) is 0 Å². The average Bonchev–Trinajstić information content (AvgIpc) is 3.12. The number of imidazole rings is 1. The van der Waals surface area contributed by atoms with Crippen molar-refractivity contribution in [3.63, 3.8) is 0 Å². The molecular formula is C15H15N3S2. The third kappa shape index (κ3) is 2.34. The molecule has 3 aromatic rings. The Morgan fingerprint density at radius 1 is 1.35 bits per heavy atom. The van der Waals surface area contributed by atoms with Crippen LogP contribution in [0.15, 0.2) is 48.1 Å². The molecule has 0 aliphatic rings. The molecular weight excluding hydrogens is 286 g/mol. The summed E-state index contributed by atoms with van der Waals surface area (Å²) in [5.74, 6) is 0. The molecule has 20 heavy (non-hydrogen) atoms. The van der Waals surface area contributed by atoms with E-state index < -0.39 is 0 Å². The summed E-state index contributed by atoms with van der Waals surface area (Å²) in [6, 6.07) is 10.5. The lowest BCUT2D eigenvalue weighted by molar-refractivity contribution is 0.562. The van der Waals surface area contributed by atoms with Gasteiger partial charge < -0.3 is 9.55 Å². The second-order valence-electron chi connectivity index (χ2n) is 4.51. The predicted molar refractivity (Wildman–Crippen MR) is 85.6 cm³/mol. The topological polar surface area (TPSA) is 33.6 Å². The number of aromatic nitrogens is 3. The molecule has 0 fully saturated rings. The van der Waals surface area contributed by atoms with E-state index in [9.17, 15) is 0 Å². The van der Waals surface area contributed by atoms with Crippen LogP contribution in [-0.4, -0.2) is 14.5 Å². The number of nitrogens with zero attached hydrogens (tertiary/aromatic N) is 2. The van der Waals surface area contributed by atoms with Crippen molar-refractivity contribution in [1.29, 1.82) is 0 Å². The molecule has 0 spiro atoms. The first-order chi connectivity index (χ1) is 9.81. The molecule has 0 saturated heterocycles. The van der Waals surface area contributed by atoms with Gasteiger partial charge in [-0.2, -0.15) is 0 Å². The molecule has 102 valence electrons. The number of hydrogen-bond acceptors (Lipinski definition) is 3. The van der Waals surface area contributed by atoms with E-state index >= 15 is 0 Å². The van der Waals surface area contributed by atoms with Gasteiger partial charge in [0.05, 0.1) is 11.7 Å². The number of thiazole rings is 1. The molecule has 0 amide bonds. The van der Waals surface area contributed by atoms with Crippen molar-refractivity contribution in [2.24, 2.45) is 0 Å². The van der Waals surface area contributed by atoms with Gasteiger partial charge in [-0.1, -0.05) is 37.3 Å². The van der Waals surface area contributed by atoms with Crippen molar-refractivity contribution in [3.05, 3.63) is 57.9 Å². The van der Waals surface area contributed by atoms with Gasteiger partial charge in [0.2, 0.25) is 0 Å². The number of aromatic amines is 1. The summed E-state index contributed by atoms with van der Waals surface area (Å²) in [6.07, 6.45) is 4.79. The number of rotatable bonds is 4. The summed E-state index contributed by atoms with van der Waals surface area (Å²) >= 11 is 7.15. The highest BCUT2D eigenvalue weighted by molar-refractivity contribution is 7.71. The maximum absolute atomic E-state index is 5.47. The Labute approximate surface area is 126 Å². The molecule has 5 heteroatoms. The minimum atomic E-state index is 0.184. The Kier molecular flexibility index (Phi) is 3.80. The first-order valence-electron chi connectivity index (χ1n) is 6.56. The van der Waals surface area contributed by atoms with E-state index in [-0.39, 0.29) is 6.04 Å². The fourth-order valence-corrected chi connectivity index (χ4v) is 3.48. The van der Waals surface area contributed by atoms with Gasteiger partial charge in [0, 0.05) is 17.8 Å². The van der Waals surface area contributed by atoms with Gasteiger partial charge >= 0.3 is 0 Å². The second kappa shape index (κ2) is 5.73. The minimum Gasteiger partial charge on any atom is -0.337 e. The number of hydrogen-bond donors (Lipinski definition) is 1. The first kappa shape index (κ1) is 13.3. The zero-order chi connectivity index (χ0) is 13.9. The predicted octanol–water partition coefficient (Wildman–Crippen LogP) is 4.67. The van der Waals surface area contributed by atoms with Crippen LogP contribution in [0.1, 0.15) is 24.4 Å². The normalized spacial score (nSPS) is 12.4. The molecule has 0 bridgehead atoms. The maximum atomic E-state index is 5.47. The highest BCUT2D eigenvalue weighted by Crippen LogP contribution is 2.30. The van der Waals surface area contributed by atoms with Gasteiger partial charge in [0.25, 0.3) is 0 Å². The van der Waals surface area contributed by atoms with Crippen LogP contribution in [-0.2, 0) is 0 Å². The van der Waals surface area contributed by atoms with Gasteiger partial charge in [-0.3, -0.25) is 0 Å². The number of nitrogens with one attached hydrogen (secondary N) is 1. The van der Waals surface area contributed by atoms with Crippen LogP contribution >= 0.6 is 23.6 Å². The van der Waals surface area contributed by atoms with E-state index in [1.54, 1.807) is 11.3 Å². The largest absolute Gasteiger partial charge is 0.337 e. The van der Waals surface area contributed by atoms with Crippen molar-refractivity contribution in [1.82, 2.24) is 14.5 Å². The van der Waals surface area contributed by atoms with Gasteiger partial charge in [-0.25, -0.2) is 4.98 Å². The lowest BCUT2D eigenvalue weighted by Gasteiger charge is -2.17. The standard InChI is InChI=1S/C15H15N3S2/c1-2-12(14-16-8-9-20-14)18-13(10-17-15(18)19)11-6-4-3-5-7-11/h3-10,12H,2H2,1H3,(H,17,19). The molecule has 0 aliphatic carbocycles. The van der Waals surface area contributed by atoms with Crippen LogP contribution in [0.4, 0.5) is 0 Å². The van der Waals surface area contributed by atoms with Crippen molar-refractivity contribution in [3.8, 4) is 11.3 Å². The number of benzene rings is 1. The molecule has 0 aliphatic heterocycles. The van der Waals surface area contributed by atoms with Crippen LogP contribution in [0.25, 0.3) is 11.3 Å². The van der Waals surface area contributed by atoms with Crippen LogP contribution < -0.4 is 0 Å². The Morgan fingerprint density at radius 3 is 2.80 bits per heavy atom. The summed E-state index contributed by atoms with van der Waals surface area (Å²) in [5, 5.41) is 3.11. The quantitative estimate of drug-likeness (QED) is 0.711. The molecule has 1 aromatic carbocycles. The molecule has 2 aromatic heterocycles. The van der Waals surface area contributed by atoms with Gasteiger partial charge in [-0.05, 0) is 24.2 Å². The highest BCUT2D eigenvalue weighted by Gasteiger charge is 2.19. The Balaban J connectivity index is 2.14. The zero-order valence-electron chi connectivity index (χ0n) is 11.1. The van der Waals surface area contributed by atoms with Crippen molar-refractivity contribution < 1.29 is 0 Å². The molecule has 0 saturated carbocycles. The molecule has 1 atom stereocenters. The smallest absolute Gasteiger partial charge is 0.178 e. The minimum absolute atomic E-state index is 0.184. The monoisotopic (exact) mass is 301 g/mol. The van der Waals surface area contributed by atoms with Gasteiger partial charge in [-0.15, -0.1) is 11.3 Å². The van der Waals surface area contributed by atoms with E-state index in [0.29, 0.717) is 0 Å². The molecule has 0 radical (unpaired) electrons. The average molecular weight is 301 g/mol. The van der Waals surface area contributed by atoms with Crippen LogP contribution in [0, 0.1) is 4.77 Å². The van der Waals surface area contributed by atoms with Crippen molar-refractivity contribution in [2.45, 2.75) is 19.4 Å². The van der Waals surface area contributed by atoms with E-state index in [2.05, 4.69) is 33.6 Å². The summed E-state index contributed by atoms with van der Waals surface area (Å²) in [6.45, 7) is 2.16. The third-order valence-corrected chi connectivity index (χ3v) is 4.51. The Hall–Kier alpha value is -1.72. The SMILES string of the molecule is CCC(c1nccs1)n1c(-c2ccccc2)c[nH]c1=S. The zero-order valence-corrected chi connectivity index (χ0v) is 12.7. The third-order valence-electron chi connectivity index (χ3n) is 3.32. The molecule has 1 unspecified atom stereocenters. The fraction of sp³-hybridized carbons (Fsp3) is 0.200. The molecule has 2 heterocycles. The summed E-state index contributed by atoms with van der Waals surface area (Å²) < 4.78 is 2.91. The molecule has 3 rings (SSSR count). The van der Waals surface area contributed by atoms with Crippen LogP contribution in [0.2, 0.25) is 0 Å². The first-order valence-corrected chi connectivity index (χ1v) is 7.84. The van der Waals surface area contributed by atoms with E-state index in [1.807, 2.05) is 36.0 Å². The van der Waals surface area contributed by atoms with Crippen molar-refractivity contribution in [2.75, 3.05) is 0 Å². The highest BCUT2D eigenvalue weighted by atomic mass is 32.1. The van der Waals surface area contributed by atoms with Gasteiger partial charge in [0.15, 0.2) is 4.77 Å². The van der Waals surface area contributed by atoms with E-state index in [0.717, 1.165) is 27.5 Å². The summed E-state index contributed by atoms with van der Waals surface area (Å²) in [7, 11) is 0. The van der Waals surface area contributed by atoms with E-state index in [4.69, 9.17) is 12.2 Å². The van der Waals surface area contributed by atoms with Crippen molar-refractivity contribution >= 4 is 23.6 Å². The van der Waals surface area contributed by atoms with Crippen LogP contribution in [0.5, 0.6) is 0 Å². The summed E-state index contributed by atoms with van der Waals surface area (Å²) in [4.78, 5) is 7.62. The summed E-state index contributed by atoms with van der Waals surface area (Å²) in [5.41, 5.74) is 2.27. The second-order valence-corrected chi connectivity index (χ2v) is 5.82. The Bertz CT molecular complexity index is 726. The van der Waals surface area contributed by atoms with Crippen LogP contribution in [0.3, 0.4) is 0 Å². The number of H-pyrrole nitrogens is 1. The lowest BCUT2D eigenvalue weighted by Crippen LogP contribution is -2.11. The Morgan fingerprint density at radius 2 is 2.15 bits per heavy atom. The maximum Gasteiger partial charge on any atom is 0.178 e. The molecule has 3 nitrogen and oxygen atoms in total. The fourth-order valence-electron chi connectivity index (χ4n) is 2.39.